The molecule has 0 aliphatic rings. The lowest BCUT2D eigenvalue weighted by molar-refractivity contribution is 0.106. The number of methoxy groups -OCH3 is 1. The summed E-state index contributed by atoms with van der Waals surface area (Å²) in [6, 6.07) is 12.8. The summed E-state index contributed by atoms with van der Waals surface area (Å²) in [5.41, 5.74) is 1.80. The Hall–Kier alpha value is -2.47. The fourth-order valence-electron chi connectivity index (χ4n) is 2.44. The fourth-order valence-corrected chi connectivity index (χ4v) is 2.44. The van der Waals surface area contributed by atoms with E-state index in [1.54, 1.807) is 32.4 Å². The Morgan fingerprint density at radius 1 is 1.08 bits per heavy atom. The Bertz CT molecular complexity index is 689. The molecule has 0 radical (unpaired) electrons. The summed E-state index contributed by atoms with van der Waals surface area (Å²) in [5, 5.41) is 6.36. The van der Waals surface area contributed by atoms with Crippen molar-refractivity contribution < 1.29 is 13.5 Å². The third-order valence-electron chi connectivity index (χ3n) is 3.80. The number of rotatable bonds is 7. The molecule has 0 spiro atoms. The minimum absolute atomic E-state index is 0.220. The van der Waals surface area contributed by atoms with Crippen LogP contribution in [-0.4, -0.2) is 33.2 Å². The topological polar surface area (TPSA) is 45.7 Å². The van der Waals surface area contributed by atoms with Crippen molar-refractivity contribution >= 4 is 5.96 Å². The van der Waals surface area contributed by atoms with Gasteiger partial charge in [0.2, 0.25) is 0 Å². The van der Waals surface area contributed by atoms with E-state index in [1.165, 1.54) is 24.3 Å². The van der Waals surface area contributed by atoms with Gasteiger partial charge in [0.25, 0.3) is 0 Å². The van der Waals surface area contributed by atoms with Crippen LogP contribution in [-0.2, 0) is 11.2 Å². The van der Waals surface area contributed by atoms with Gasteiger partial charge >= 0.3 is 0 Å². The van der Waals surface area contributed by atoms with Gasteiger partial charge in [-0.2, -0.15) is 0 Å². The minimum Gasteiger partial charge on any atom is -0.375 e. The number of nitrogens with one attached hydrogen (secondary N) is 2. The molecule has 0 saturated carbocycles. The van der Waals surface area contributed by atoms with E-state index in [1.807, 2.05) is 6.07 Å². The van der Waals surface area contributed by atoms with E-state index >= 15 is 0 Å². The molecular formula is C19H23F2N3O. The number of aliphatic imine (C=N–C) groups is 1. The first-order valence-corrected chi connectivity index (χ1v) is 8.09. The van der Waals surface area contributed by atoms with Crippen molar-refractivity contribution in [2.24, 2.45) is 4.99 Å². The Balaban J connectivity index is 1.81. The van der Waals surface area contributed by atoms with E-state index in [9.17, 15) is 8.78 Å². The summed E-state index contributed by atoms with van der Waals surface area (Å²) < 4.78 is 31.6. The van der Waals surface area contributed by atoms with Crippen molar-refractivity contribution in [3.05, 3.63) is 71.3 Å². The van der Waals surface area contributed by atoms with Crippen LogP contribution < -0.4 is 10.6 Å². The minimum atomic E-state index is -0.276. The third-order valence-corrected chi connectivity index (χ3v) is 3.80. The van der Waals surface area contributed by atoms with Crippen LogP contribution in [0.2, 0.25) is 0 Å². The molecule has 0 saturated heterocycles. The molecule has 6 heteroatoms. The smallest absolute Gasteiger partial charge is 0.191 e. The average molecular weight is 347 g/mol. The van der Waals surface area contributed by atoms with E-state index < -0.39 is 0 Å². The van der Waals surface area contributed by atoms with Gasteiger partial charge in [-0.05, 0) is 41.8 Å². The fraction of sp³-hybridized carbons (Fsp3) is 0.316. The lowest BCUT2D eigenvalue weighted by Crippen LogP contribution is -2.40. The molecule has 0 fully saturated rings. The summed E-state index contributed by atoms with van der Waals surface area (Å²) >= 11 is 0. The van der Waals surface area contributed by atoms with Gasteiger partial charge < -0.3 is 15.4 Å². The number of benzene rings is 2. The highest BCUT2D eigenvalue weighted by atomic mass is 19.1. The molecule has 0 heterocycles. The summed E-state index contributed by atoms with van der Waals surface area (Å²) in [4.78, 5) is 4.16. The Morgan fingerprint density at radius 2 is 1.84 bits per heavy atom. The molecule has 134 valence electrons. The molecule has 0 bridgehead atoms. The van der Waals surface area contributed by atoms with Crippen LogP contribution in [0.1, 0.15) is 17.2 Å². The van der Waals surface area contributed by atoms with Gasteiger partial charge in [0.05, 0.1) is 6.10 Å². The first-order valence-electron chi connectivity index (χ1n) is 8.09. The number of nitrogens with zero attached hydrogens (tertiary/aromatic N) is 1. The zero-order chi connectivity index (χ0) is 18.1. The van der Waals surface area contributed by atoms with Gasteiger partial charge in [0.15, 0.2) is 5.96 Å². The molecular weight excluding hydrogens is 324 g/mol. The first-order chi connectivity index (χ1) is 12.1. The van der Waals surface area contributed by atoms with Gasteiger partial charge in [-0.1, -0.05) is 24.3 Å². The van der Waals surface area contributed by atoms with E-state index in [2.05, 4.69) is 15.6 Å². The standard InChI is InChI=1S/C19H23F2N3O/c1-22-19(23-11-10-14-4-3-5-17(21)12-14)24-13-18(25-2)15-6-8-16(20)9-7-15/h3-9,12,18H,10-11,13H2,1-2H3,(H2,22,23,24). The summed E-state index contributed by atoms with van der Waals surface area (Å²) in [5.74, 6) is 0.115. The quantitative estimate of drug-likeness (QED) is 0.598. The number of hydrogen-bond donors (Lipinski definition) is 2. The molecule has 2 rings (SSSR count). The van der Waals surface area contributed by atoms with Gasteiger partial charge in [-0.3, -0.25) is 4.99 Å². The second-order valence-corrected chi connectivity index (χ2v) is 5.54. The maximum Gasteiger partial charge on any atom is 0.191 e. The monoisotopic (exact) mass is 347 g/mol. The first kappa shape index (κ1) is 18.9. The molecule has 0 aliphatic heterocycles. The van der Waals surface area contributed by atoms with Gasteiger partial charge in [0.1, 0.15) is 11.6 Å². The summed E-state index contributed by atoms with van der Waals surface area (Å²) in [6.45, 7) is 1.11. The van der Waals surface area contributed by atoms with E-state index in [0.29, 0.717) is 25.5 Å². The van der Waals surface area contributed by atoms with Crippen molar-refractivity contribution in [3.8, 4) is 0 Å². The number of guanidine groups is 1. The van der Waals surface area contributed by atoms with Crippen LogP contribution in [0, 0.1) is 11.6 Å². The highest BCUT2D eigenvalue weighted by Crippen LogP contribution is 2.16. The predicted molar refractivity (Wildman–Crippen MR) is 95.6 cm³/mol. The van der Waals surface area contributed by atoms with Crippen LogP contribution in [0.25, 0.3) is 0 Å². The highest BCUT2D eigenvalue weighted by molar-refractivity contribution is 5.79. The van der Waals surface area contributed by atoms with Crippen LogP contribution in [0.15, 0.2) is 53.5 Å². The largest absolute Gasteiger partial charge is 0.375 e. The Kier molecular flexibility index (Phi) is 7.35. The molecule has 25 heavy (non-hydrogen) atoms. The molecule has 2 aromatic carbocycles. The number of ether oxygens (including phenoxy) is 1. The maximum absolute atomic E-state index is 13.2. The Morgan fingerprint density at radius 3 is 2.48 bits per heavy atom. The summed E-state index contributed by atoms with van der Waals surface area (Å²) in [6.07, 6.45) is 0.465. The second kappa shape index (κ2) is 9.74. The lowest BCUT2D eigenvalue weighted by Gasteiger charge is -2.18. The molecule has 2 aromatic rings. The third kappa shape index (κ3) is 6.15. The second-order valence-electron chi connectivity index (χ2n) is 5.54. The van der Waals surface area contributed by atoms with Crippen LogP contribution in [0.5, 0.6) is 0 Å². The molecule has 4 nitrogen and oxygen atoms in total. The van der Waals surface area contributed by atoms with Crippen molar-refractivity contribution in [1.29, 1.82) is 0 Å². The molecule has 2 N–H and O–H groups in total. The SMILES string of the molecule is CN=C(NCCc1cccc(F)c1)NCC(OC)c1ccc(F)cc1. The van der Waals surface area contributed by atoms with E-state index in [4.69, 9.17) is 4.74 Å². The molecule has 0 amide bonds. The molecule has 0 aliphatic carbocycles. The van der Waals surface area contributed by atoms with Crippen molar-refractivity contribution in [2.75, 3.05) is 27.2 Å². The van der Waals surface area contributed by atoms with Crippen LogP contribution in [0.4, 0.5) is 8.78 Å². The van der Waals surface area contributed by atoms with Crippen LogP contribution >= 0.6 is 0 Å². The Labute approximate surface area is 146 Å². The predicted octanol–water partition coefficient (Wildman–Crippen LogP) is 3.06. The van der Waals surface area contributed by atoms with Crippen molar-refractivity contribution in [1.82, 2.24) is 10.6 Å². The molecule has 0 aromatic heterocycles. The highest BCUT2D eigenvalue weighted by Gasteiger charge is 2.11. The lowest BCUT2D eigenvalue weighted by atomic mass is 10.1. The zero-order valence-electron chi connectivity index (χ0n) is 14.4. The summed E-state index contributed by atoms with van der Waals surface area (Å²) in [7, 11) is 3.28. The van der Waals surface area contributed by atoms with E-state index in [0.717, 1.165) is 11.1 Å². The molecule has 1 atom stereocenters. The van der Waals surface area contributed by atoms with Crippen molar-refractivity contribution in [3.63, 3.8) is 0 Å². The maximum atomic E-state index is 13.2. The average Bonchev–Trinajstić information content (AvgIpc) is 2.62. The van der Waals surface area contributed by atoms with Crippen LogP contribution in [0.3, 0.4) is 0 Å². The van der Waals surface area contributed by atoms with E-state index in [-0.39, 0.29) is 17.7 Å². The molecule has 1 unspecified atom stereocenters. The van der Waals surface area contributed by atoms with Gasteiger partial charge in [0, 0.05) is 27.2 Å². The van der Waals surface area contributed by atoms with Gasteiger partial charge in [-0.25, -0.2) is 8.78 Å². The number of hydrogen-bond acceptors (Lipinski definition) is 2. The normalized spacial score (nSPS) is 12.7. The van der Waals surface area contributed by atoms with Crippen molar-refractivity contribution in [2.45, 2.75) is 12.5 Å². The van der Waals surface area contributed by atoms with Gasteiger partial charge in [-0.15, -0.1) is 0 Å². The zero-order valence-corrected chi connectivity index (χ0v) is 14.4. The number of halogens is 2.